The summed E-state index contributed by atoms with van der Waals surface area (Å²) >= 11 is 6.10. The van der Waals surface area contributed by atoms with Gasteiger partial charge in [0.15, 0.2) is 0 Å². The predicted octanol–water partition coefficient (Wildman–Crippen LogP) is 2.90. The Balaban J connectivity index is 1.81. The van der Waals surface area contributed by atoms with Crippen molar-refractivity contribution in [1.82, 2.24) is 4.90 Å². The maximum absolute atomic E-state index is 12.1. The molecule has 1 aliphatic carbocycles. The second kappa shape index (κ2) is 4.95. The van der Waals surface area contributed by atoms with E-state index in [1.165, 1.54) is 12.8 Å². The summed E-state index contributed by atoms with van der Waals surface area (Å²) in [5, 5.41) is 0.248. The molecule has 2 unspecified atom stereocenters. The molecule has 0 aromatic rings. The monoisotopic (exact) mass is 243 g/mol. The first-order chi connectivity index (χ1) is 7.59. The molecule has 1 aliphatic heterocycles. The van der Waals surface area contributed by atoms with Crippen molar-refractivity contribution in [2.24, 2.45) is 17.8 Å². The molecule has 1 heterocycles. The Hall–Kier alpha value is -0.240. The van der Waals surface area contributed by atoms with Crippen LogP contribution in [0.15, 0.2) is 0 Å². The maximum Gasteiger partial charge on any atom is 0.225 e. The van der Waals surface area contributed by atoms with Gasteiger partial charge in [-0.3, -0.25) is 4.79 Å². The molecule has 92 valence electrons. The van der Waals surface area contributed by atoms with E-state index in [1.807, 2.05) is 0 Å². The van der Waals surface area contributed by atoms with E-state index in [4.69, 9.17) is 11.6 Å². The first kappa shape index (κ1) is 12.2. The summed E-state index contributed by atoms with van der Waals surface area (Å²) in [6.07, 6.45) is 4.66. The highest BCUT2D eigenvalue weighted by Crippen LogP contribution is 2.38. The van der Waals surface area contributed by atoms with Gasteiger partial charge >= 0.3 is 0 Å². The smallest absolute Gasteiger partial charge is 0.225 e. The second-order valence-electron chi connectivity index (χ2n) is 5.47. The highest BCUT2D eigenvalue weighted by molar-refractivity contribution is 6.20. The molecule has 1 saturated carbocycles. The number of hydrogen-bond donors (Lipinski definition) is 0. The summed E-state index contributed by atoms with van der Waals surface area (Å²) in [5.41, 5.74) is 0. The van der Waals surface area contributed by atoms with Crippen molar-refractivity contribution in [3.05, 3.63) is 0 Å². The van der Waals surface area contributed by atoms with Crippen molar-refractivity contribution in [2.45, 2.75) is 44.9 Å². The van der Waals surface area contributed by atoms with E-state index in [2.05, 4.69) is 18.7 Å². The van der Waals surface area contributed by atoms with Gasteiger partial charge in [0.05, 0.1) is 0 Å². The Bertz CT molecular complexity index is 255. The highest BCUT2D eigenvalue weighted by Gasteiger charge is 2.36. The number of carbonyl (C=O) groups excluding carboxylic acids is 1. The third-order valence-corrected chi connectivity index (χ3v) is 4.58. The number of halogens is 1. The van der Waals surface area contributed by atoms with Crippen LogP contribution >= 0.6 is 11.6 Å². The third kappa shape index (κ3) is 2.71. The van der Waals surface area contributed by atoms with Gasteiger partial charge in [-0.05, 0) is 44.4 Å². The standard InChI is InChI=1S/C13H22ClNO/c1-9(11-3-4-11)13(16)15-7-5-12(6-8-15)10(2)14/h9-12H,3-8H2,1-2H3. The molecule has 0 aromatic heterocycles. The van der Waals surface area contributed by atoms with Gasteiger partial charge < -0.3 is 4.90 Å². The van der Waals surface area contributed by atoms with E-state index < -0.39 is 0 Å². The van der Waals surface area contributed by atoms with Crippen LogP contribution in [0.25, 0.3) is 0 Å². The first-order valence-electron chi connectivity index (χ1n) is 6.52. The molecule has 2 nitrogen and oxygen atoms in total. The largest absolute Gasteiger partial charge is 0.342 e. The molecule has 1 amide bonds. The third-order valence-electron chi connectivity index (χ3n) is 4.22. The molecule has 2 atom stereocenters. The van der Waals surface area contributed by atoms with E-state index in [1.54, 1.807) is 0 Å². The van der Waals surface area contributed by atoms with Crippen molar-refractivity contribution >= 4 is 17.5 Å². The van der Waals surface area contributed by atoms with Crippen LogP contribution in [0.4, 0.5) is 0 Å². The maximum atomic E-state index is 12.1. The molecule has 2 rings (SSSR count). The van der Waals surface area contributed by atoms with E-state index in [0.29, 0.717) is 17.7 Å². The summed E-state index contributed by atoms with van der Waals surface area (Å²) < 4.78 is 0. The van der Waals surface area contributed by atoms with Gasteiger partial charge in [0.2, 0.25) is 5.91 Å². The van der Waals surface area contributed by atoms with Crippen molar-refractivity contribution in [3.8, 4) is 0 Å². The Labute approximate surface area is 103 Å². The zero-order chi connectivity index (χ0) is 11.7. The second-order valence-corrected chi connectivity index (χ2v) is 6.15. The zero-order valence-corrected chi connectivity index (χ0v) is 11.0. The molecular weight excluding hydrogens is 222 g/mol. The number of carbonyl (C=O) groups is 1. The van der Waals surface area contributed by atoms with E-state index in [0.717, 1.165) is 25.9 Å². The summed E-state index contributed by atoms with van der Waals surface area (Å²) in [7, 11) is 0. The lowest BCUT2D eigenvalue weighted by atomic mass is 9.93. The quantitative estimate of drug-likeness (QED) is 0.698. The van der Waals surface area contributed by atoms with Crippen LogP contribution in [-0.4, -0.2) is 29.3 Å². The van der Waals surface area contributed by atoms with Gasteiger partial charge in [0, 0.05) is 24.4 Å². The van der Waals surface area contributed by atoms with Crippen molar-refractivity contribution in [3.63, 3.8) is 0 Å². The van der Waals surface area contributed by atoms with Crippen molar-refractivity contribution in [2.75, 3.05) is 13.1 Å². The predicted molar refractivity (Wildman–Crippen MR) is 66.5 cm³/mol. The van der Waals surface area contributed by atoms with Crippen LogP contribution in [0, 0.1) is 17.8 Å². The molecule has 2 aliphatic rings. The van der Waals surface area contributed by atoms with Crippen molar-refractivity contribution < 1.29 is 4.79 Å². The highest BCUT2D eigenvalue weighted by atomic mass is 35.5. The first-order valence-corrected chi connectivity index (χ1v) is 6.96. The minimum Gasteiger partial charge on any atom is -0.342 e. The Morgan fingerprint density at radius 1 is 1.12 bits per heavy atom. The number of hydrogen-bond acceptors (Lipinski definition) is 1. The average molecular weight is 244 g/mol. The van der Waals surface area contributed by atoms with Gasteiger partial charge in [-0.25, -0.2) is 0 Å². The summed E-state index contributed by atoms with van der Waals surface area (Å²) in [5.74, 6) is 1.91. The molecule has 0 aromatic carbocycles. The molecular formula is C13H22ClNO. The van der Waals surface area contributed by atoms with Crippen LogP contribution in [0.3, 0.4) is 0 Å². The van der Waals surface area contributed by atoms with Crippen LogP contribution in [-0.2, 0) is 4.79 Å². The summed E-state index contributed by atoms with van der Waals surface area (Å²) in [4.78, 5) is 14.2. The van der Waals surface area contributed by atoms with Crippen LogP contribution in [0.5, 0.6) is 0 Å². The van der Waals surface area contributed by atoms with Crippen LogP contribution in [0.2, 0.25) is 0 Å². The molecule has 1 saturated heterocycles. The number of amides is 1. The fourth-order valence-corrected chi connectivity index (χ4v) is 2.92. The molecule has 0 N–H and O–H groups in total. The lowest BCUT2D eigenvalue weighted by Gasteiger charge is -2.34. The summed E-state index contributed by atoms with van der Waals surface area (Å²) in [6.45, 7) is 5.99. The van der Waals surface area contributed by atoms with Gasteiger partial charge in [0.1, 0.15) is 0 Å². The minimum atomic E-state index is 0.248. The minimum absolute atomic E-state index is 0.248. The topological polar surface area (TPSA) is 20.3 Å². The lowest BCUT2D eigenvalue weighted by molar-refractivity contribution is -0.137. The molecule has 3 heteroatoms. The van der Waals surface area contributed by atoms with E-state index in [9.17, 15) is 4.79 Å². The van der Waals surface area contributed by atoms with E-state index in [-0.39, 0.29) is 11.3 Å². The fourth-order valence-electron chi connectivity index (χ4n) is 2.67. The normalized spacial score (nSPS) is 26.6. The van der Waals surface area contributed by atoms with Gasteiger partial charge in [0.25, 0.3) is 0 Å². The van der Waals surface area contributed by atoms with Gasteiger partial charge in [-0.15, -0.1) is 11.6 Å². The Morgan fingerprint density at radius 2 is 1.69 bits per heavy atom. The van der Waals surface area contributed by atoms with Gasteiger partial charge in [-0.2, -0.15) is 0 Å². The lowest BCUT2D eigenvalue weighted by Crippen LogP contribution is -2.42. The van der Waals surface area contributed by atoms with E-state index >= 15 is 0 Å². The van der Waals surface area contributed by atoms with Gasteiger partial charge in [-0.1, -0.05) is 6.92 Å². The Morgan fingerprint density at radius 3 is 2.12 bits per heavy atom. The number of rotatable bonds is 3. The summed E-state index contributed by atoms with van der Waals surface area (Å²) in [6, 6.07) is 0. The number of alkyl halides is 1. The molecule has 0 radical (unpaired) electrons. The number of nitrogens with zero attached hydrogens (tertiary/aromatic N) is 1. The number of piperidine rings is 1. The van der Waals surface area contributed by atoms with Crippen LogP contribution < -0.4 is 0 Å². The number of likely N-dealkylation sites (tertiary alicyclic amines) is 1. The Kier molecular flexibility index (Phi) is 3.78. The van der Waals surface area contributed by atoms with Crippen molar-refractivity contribution in [1.29, 1.82) is 0 Å². The zero-order valence-electron chi connectivity index (χ0n) is 10.3. The average Bonchev–Trinajstić information content (AvgIpc) is 3.11. The molecule has 0 spiro atoms. The SMILES string of the molecule is CC(Cl)C1CCN(C(=O)C(C)C2CC2)CC1. The molecule has 0 bridgehead atoms. The molecule has 2 fully saturated rings. The fraction of sp³-hybridized carbons (Fsp3) is 0.923. The molecule has 16 heavy (non-hydrogen) atoms. The van der Waals surface area contributed by atoms with Crippen LogP contribution in [0.1, 0.15) is 39.5 Å².